The number of amides is 1. The van der Waals surface area contributed by atoms with Crippen LogP contribution in [0.1, 0.15) is 40.5 Å². The number of nitrogens with one attached hydrogen (secondary N) is 1. The fourth-order valence-electron chi connectivity index (χ4n) is 2.22. The van der Waals surface area contributed by atoms with E-state index in [-0.39, 0.29) is 12.1 Å². The SMILES string of the molecule is O=C(NCc1cc(C2CC2)ncn1)c1cccc(OC(F)(F)F)c1. The van der Waals surface area contributed by atoms with E-state index in [2.05, 4.69) is 20.0 Å². The Balaban J connectivity index is 1.62. The Morgan fingerprint density at radius 2 is 2.04 bits per heavy atom. The molecule has 1 amide bonds. The summed E-state index contributed by atoms with van der Waals surface area (Å²) in [4.78, 5) is 20.3. The summed E-state index contributed by atoms with van der Waals surface area (Å²) in [5.41, 5.74) is 1.69. The van der Waals surface area contributed by atoms with Crippen molar-refractivity contribution in [2.75, 3.05) is 0 Å². The second-order valence-corrected chi connectivity index (χ2v) is 5.47. The zero-order valence-corrected chi connectivity index (χ0v) is 12.5. The highest BCUT2D eigenvalue weighted by atomic mass is 19.4. The van der Waals surface area contributed by atoms with Crippen molar-refractivity contribution in [1.29, 1.82) is 0 Å². The summed E-state index contributed by atoms with van der Waals surface area (Å²) in [7, 11) is 0. The number of carbonyl (C=O) groups is 1. The van der Waals surface area contributed by atoms with Crippen molar-refractivity contribution < 1.29 is 22.7 Å². The van der Waals surface area contributed by atoms with Crippen LogP contribution in [0.25, 0.3) is 0 Å². The van der Waals surface area contributed by atoms with E-state index < -0.39 is 18.0 Å². The molecule has 1 fully saturated rings. The van der Waals surface area contributed by atoms with Crippen molar-refractivity contribution in [2.24, 2.45) is 0 Å². The van der Waals surface area contributed by atoms with Gasteiger partial charge in [-0.3, -0.25) is 4.79 Å². The molecule has 3 rings (SSSR count). The summed E-state index contributed by atoms with van der Waals surface area (Å²) in [5, 5.41) is 2.63. The summed E-state index contributed by atoms with van der Waals surface area (Å²) in [6.07, 6.45) is -1.13. The first-order chi connectivity index (χ1) is 11.4. The number of benzene rings is 1. The van der Waals surface area contributed by atoms with Gasteiger partial charge < -0.3 is 10.1 Å². The molecule has 0 saturated heterocycles. The number of halogens is 3. The number of hydrogen-bond donors (Lipinski definition) is 1. The van der Waals surface area contributed by atoms with Gasteiger partial charge >= 0.3 is 6.36 Å². The van der Waals surface area contributed by atoms with E-state index in [9.17, 15) is 18.0 Å². The summed E-state index contributed by atoms with van der Waals surface area (Å²) < 4.78 is 40.4. The van der Waals surface area contributed by atoms with Gasteiger partial charge in [0.05, 0.1) is 12.2 Å². The van der Waals surface area contributed by atoms with E-state index in [1.807, 2.05) is 6.07 Å². The van der Waals surface area contributed by atoms with Gasteiger partial charge in [0.15, 0.2) is 0 Å². The first-order valence-corrected chi connectivity index (χ1v) is 7.35. The Kier molecular flexibility index (Phi) is 4.37. The van der Waals surface area contributed by atoms with E-state index in [0.29, 0.717) is 11.6 Å². The highest BCUT2D eigenvalue weighted by Gasteiger charge is 2.31. The van der Waals surface area contributed by atoms with Gasteiger partial charge in [-0.25, -0.2) is 9.97 Å². The molecule has 0 atom stereocenters. The lowest BCUT2D eigenvalue weighted by molar-refractivity contribution is -0.274. The zero-order valence-electron chi connectivity index (χ0n) is 12.5. The van der Waals surface area contributed by atoms with Crippen LogP contribution >= 0.6 is 0 Å². The molecule has 0 unspecified atom stereocenters. The van der Waals surface area contributed by atoms with Crippen molar-refractivity contribution in [3.8, 4) is 5.75 Å². The zero-order chi connectivity index (χ0) is 17.2. The van der Waals surface area contributed by atoms with Crippen LogP contribution in [-0.4, -0.2) is 22.2 Å². The summed E-state index contributed by atoms with van der Waals surface area (Å²) in [6, 6.07) is 6.75. The molecular formula is C16H14F3N3O2. The molecule has 1 heterocycles. The van der Waals surface area contributed by atoms with Crippen LogP contribution in [0.3, 0.4) is 0 Å². The Labute approximate surface area is 135 Å². The lowest BCUT2D eigenvalue weighted by Gasteiger charge is -2.10. The van der Waals surface area contributed by atoms with Gasteiger partial charge in [0.1, 0.15) is 12.1 Å². The predicted molar refractivity (Wildman–Crippen MR) is 78.3 cm³/mol. The van der Waals surface area contributed by atoms with Crippen LogP contribution in [-0.2, 0) is 6.54 Å². The van der Waals surface area contributed by atoms with E-state index >= 15 is 0 Å². The predicted octanol–water partition coefficient (Wildman–Crippen LogP) is 3.18. The van der Waals surface area contributed by atoms with Gasteiger partial charge in [0, 0.05) is 17.2 Å². The normalized spacial score (nSPS) is 14.3. The molecule has 0 bridgehead atoms. The van der Waals surface area contributed by atoms with Crippen molar-refractivity contribution in [3.05, 3.63) is 53.6 Å². The Hall–Kier alpha value is -2.64. The topological polar surface area (TPSA) is 64.1 Å². The minimum absolute atomic E-state index is 0.0771. The molecule has 1 N–H and O–H groups in total. The van der Waals surface area contributed by atoms with Gasteiger partial charge in [0.2, 0.25) is 0 Å². The average molecular weight is 337 g/mol. The molecule has 5 nitrogen and oxygen atoms in total. The van der Waals surface area contributed by atoms with Crippen molar-refractivity contribution in [1.82, 2.24) is 15.3 Å². The fourth-order valence-corrected chi connectivity index (χ4v) is 2.22. The van der Waals surface area contributed by atoms with Crippen LogP contribution in [0.2, 0.25) is 0 Å². The van der Waals surface area contributed by atoms with E-state index in [0.717, 1.165) is 30.7 Å². The summed E-state index contributed by atoms with van der Waals surface area (Å²) >= 11 is 0. The molecule has 1 saturated carbocycles. The van der Waals surface area contributed by atoms with Crippen molar-refractivity contribution in [2.45, 2.75) is 31.7 Å². The van der Waals surface area contributed by atoms with Gasteiger partial charge in [-0.05, 0) is 37.1 Å². The van der Waals surface area contributed by atoms with Gasteiger partial charge in [-0.15, -0.1) is 13.2 Å². The summed E-state index contributed by atoms with van der Waals surface area (Å²) in [5.74, 6) is -0.471. The lowest BCUT2D eigenvalue weighted by Crippen LogP contribution is -2.24. The third-order valence-corrected chi connectivity index (χ3v) is 3.50. The smallest absolute Gasteiger partial charge is 0.406 e. The maximum absolute atomic E-state index is 12.2. The van der Waals surface area contributed by atoms with E-state index in [1.54, 1.807) is 0 Å². The largest absolute Gasteiger partial charge is 0.573 e. The Bertz CT molecular complexity index is 745. The molecule has 126 valence electrons. The molecule has 8 heteroatoms. The van der Waals surface area contributed by atoms with Crippen LogP contribution < -0.4 is 10.1 Å². The number of nitrogens with zero attached hydrogens (tertiary/aromatic N) is 2. The third kappa shape index (κ3) is 4.43. The number of hydrogen-bond acceptors (Lipinski definition) is 4. The molecule has 1 aromatic carbocycles. The highest BCUT2D eigenvalue weighted by molar-refractivity contribution is 5.94. The molecule has 1 aliphatic rings. The minimum Gasteiger partial charge on any atom is -0.406 e. The molecule has 1 aromatic heterocycles. The van der Waals surface area contributed by atoms with Crippen LogP contribution in [0, 0.1) is 0 Å². The summed E-state index contributed by atoms with van der Waals surface area (Å²) in [6.45, 7) is 0.172. The lowest BCUT2D eigenvalue weighted by atomic mass is 10.2. The highest BCUT2D eigenvalue weighted by Crippen LogP contribution is 2.38. The van der Waals surface area contributed by atoms with E-state index in [1.165, 1.54) is 18.5 Å². The molecular weight excluding hydrogens is 323 g/mol. The molecule has 0 aliphatic heterocycles. The number of carbonyl (C=O) groups excluding carboxylic acids is 1. The minimum atomic E-state index is -4.80. The standard InChI is InChI=1S/C16H14F3N3O2/c17-16(18,19)24-13-3-1-2-11(6-13)15(23)20-8-12-7-14(10-4-5-10)22-9-21-12/h1-3,6-7,9-10H,4-5,8H2,(H,20,23). The van der Waals surface area contributed by atoms with E-state index in [4.69, 9.17) is 0 Å². The Morgan fingerprint density at radius 1 is 1.25 bits per heavy atom. The number of alkyl halides is 3. The second-order valence-electron chi connectivity index (χ2n) is 5.47. The molecule has 1 aliphatic carbocycles. The molecule has 0 spiro atoms. The van der Waals surface area contributed by atoms with Gasteiger partial charge in [-0.2, -0.15) is 0 Å². The van der Waals surface area contributed by atoms with Crippen LogP contribution in [0.5, 0.6) is 5.75 Å². The monoisotopic (exact) mass is 337 g/mol. The maximum atomic E-state index is 12.2. The number of ether oxygens (including phenoxy) is 1. The molecule has 0 radical (unpaired) electrons. The third-order valence-electron chi connectivity index (χ3n) is 3.50. The van der Waals surface area contributed by atoms with Crippen LogP contribution in [0.15, 0.2) is 36.7 Å². The first-order valence-electron chi connectivity index (χ1n) is 7.35. The number of aromatic nitrogens is 2. The van der Waals surface area contributed by atoms with Crippen molar-refractivity contribution >= 4 is 5.91 Å². The van der Waals surface area contributed by atoms with Crippen LogP contribution in [0.4, 0.5) is 13.2 Å². The number of rotatable bonds is 5. The fraction of sp³-hybridized carbons (Fsp3) is 0.312. The van der Waals surface area contributed by atoms with Gasteiger partial charge in [-0.1, -0.05) is 6.07 Å². The Morgan fingerprint density at radius 3 is 2.75 bits per heavy atom. The molecule has 2 aromatic rings. The van der Waals surface area contributed by atoms with Crippen molar-refractivity contribution in [3.63, 3.8) is 0 Å². The molecule has 24 heavy (non-hydrogen) atoms. The maximum Gasteiger partial charge on any atom is 0.573 e. The average Bonchev–Trinajstić information content (AvgIpc) is 3.36. The first kappa shape index (κ1) is 16.2. The quantitative estimate of drug-likeness (QED) is 0.910. The van der Waals surface area contributed by atoms with Gasteiger partial charge in [0.25, 0.3) is 5.91 Å². The second kappa shape index (κ2) is 6.46.